The number of hydroxylamine groups is 1. The molecule has 0 spiro atoms. The number of nitrogens with zero attached hydrogens (tertiary/aromatic N) is 2. The Morgan fingerprint density at radius 3 is 2.60 bits per heavy atom. The number of fused-ring (bicyclic) bond motifs is 1. The van der Waals surface area contributed by atoms with Crippen LogP contribution < -0.4 is 5.48 Å². The van der Waals surface area contributed by atoms with Crippen LogP contribution in [0, 0.1) is 10.1 Å². The van der Waals surface area contributed by atoms with Gasteiger partial charge in [-0.1, -0.05) is 0 Å². The Bertz CT molecular complexity index is 715. The summed E-state index contributed by atoms with van der Waals surface area (Å²) >= 11 is -5.24. The summed E-state index contributed by atoms with van der Waals surface area (Å²) in [6.45, 7) is 0. The molecule has 1 amide bonds. The van der Waals surface area contributed by atoms with Crippen molar-refractivity contribution < 1.29 is 26.6 Å². The topological polar surface area (TPSA) is 105 Å². The Kier molecular flexibility index (Phi) is 3.54. The Labute approximate surface area is 114 Å². The monoisotopic (exact) mass is 327 g/mol. The number of carbonyl (C=O) groups is 1. The van der Waals surface area contributed by atoms with Crippen molar-refractivity contribution in [1.29, 1.82) is 0 Å². The zero-order valence-corrected chi connectivity index (χ0v) is 10.8. The largest absolute Gasteiger partial charge is 0.303 e. The van der Waals surface area contributed by atoms with Crippen molar-refractivity contribution in [2.75, 3.05) is 0 Å². The molecule has 108 valence electrons. The average molecular weight is 327 g/mol. The van der Waals surface area contributed by atoms with Crippen LogP contribution in [0.4, 0.5) is 17.3 Å². The molecule has 0 aliphatic carbocycles. The summed E-state index contributed by atoms with van der Waals surface area (Å²) in [6, 6.07) is 1.29. The molecule has 1 heterocycles. The van der Waals surface area contributed by atoms with Gasteiger partial charge in [-0.3, -0.25) is 20.1 Å². The number of benzene rings is 1. The number of nitrogens with one attached hydrogen (secondary N) is 1. The van der Waals surface area contributed by atoms with Gasteiger partial charge in [0.25, 0.3) is 5.69 Å². The first-order valence-corrected chi connectivity index (χ1v) is 6.84. The van der Waals surface area contributed by atoms with Crippen molar-refractivity contribution in [3.05, 3.63) is 27.3 Å². The van der Waals surface area contributed by atoms with Crippen LogP contribution in [0.15, 0.2) is 17.0 Å². The lowest BCUT2D eigenvalue weighted by Crippen LogP contribution is -2.18. The molecule has 0 aliphatic heterocycles. The summed E-state index contributed by atoms with van der Waals surface area (Å²) in [5, 5.41) is 18.6. The predicted octanol–water partition coefficient (Wildman–Crippen LogP) is 3.14. The van der Waals surface area contributed by atoms with Crippen molar-refractivity contribution in [3.63, 3.8) is 0 Å². The summed E-state index contributed by atoms with van der Waals surface area (Å²) in [6.07, 6.45) is 0. The van der Waals surface area contributed by atoms with Crippen molar-refractivity contribution in [2.24, 2.45) is 0 Å². The van der Waals surface area contributed by atoms with Crippen molar-refractivity contribution in [3.8, 4) is 0 Å². The van der Waals surface area contributed by atoms with E-state index in [0.717, 1.165) is 6.07 Å². The number of aromatic nitrogens is 1. The Balaban J connectivity index is 2.77. The maximum atomic E-state index is 12.9. The Morgan fingerprint density at radius 1 is 1.45 bits per heavy atom. The molecule has 12 heteroatoms. The number of halogens is 3. The van der Waals surface area contributed by atoms with Crippen molar-refractivity contribution in [1.82, 2.24) is 10.5 Å². The van der Waals surface area contributed by atoms with Crippen LogP contribution in [-0.2, 0) is 0 Å². The molecule has 0 aliphatic rings. The summed E-state index contributed by atoms with van der Waals surface area (Å²) in [5.74, 6) is -1.09. The lowest BCUT2D eigenvalue weighted by atomic mass is 10.3. The minimum atomic E-state index is -5.76. The molecule has 0 saturated heterocycles. The van der Waals surface area contributed by atoms with E-state index in [4.69, 9.17) is 5.21 Å². The van der Waals surface area contributed by atoms with Gasteiger partial charge in [0.1, 0.15) is 10.4 Å². The van der Waals surface area contributed by atoms with Crippen LogP contribution in [0.25, 0.3) is 10.2 Å². The summed E-state index contributed by atoms with van der Waals surface area (Å²) in [7, 11) is 0. The number of hydrogen-bond donors (Lipinski definition) is 2. The van der Waals surface area contributed by atoms with E-state index in [9.17, 15) is 26.6 Å². The number of amides is 1. The van der Waals surface area contributed by atoms with E-state index in [1.54, 1.807) is 0 Å². The molecule has 1 aromatic heterocycles. The summed E-state index contributed by atoms with van der Waals surface area (Å²) in [4.78, 5) is 23.1. The normalized spacial score (nSPS) is 12.4. The third kappa shape index (κ3) is 2.52. The van der Waals surface area contributed by atoms with Crippen LogP contribution in [0.5, 0.6) is 0 Å². The van der Waals surface area contributed by atoms with E-state index < -0.39 is 43.1 Å². The van der Waals surface area contributed by atoms with Gasteiger partial charge in [0.05, 0.1) is 9.62 Å². The molecule has 0 radical (unpaired) electrons. The highest BCUT2D eigenvalue weighted by Gasteiger charge is 2.32. The number of non-ortho nitro benzene ring substituents is 1. The standard InChI is InChI=1S/C8H4F3N3O4S2/c9-20(10,11)5-2-3(14(17)18)1-4-6(5)12-8(19-4)7(15)13-16/h1-2,16H,(H,13,15). The van der Waals surface area contributed by atoms with E-state index in [1.807, 2.05) is 0 Å². The highest BCUT2D eigenvalue weighted by molar-refractivity contribution is 8.21. The molecular weight excluding hydrogens is 323 g/mol. The highest BCUT2D eigenvalue weighted by atomic mass is 32.3. The molecule has 7 nitrogen and oxygen atoms in total. The summed E-state index contributed by atoms with van der Waals surface area (Å²) in [5.41, 5.74) is -0.0406. The van der Waals surface area contributed by atoms with Gasteiger partial charge >= 0.3 is 5.91 Å². The molecule has 2 rings (SSSR count). The number of thiazole rings is 1. The first-order chi connectivity index (χ1) is 9.24. The van der Waals surface area contributed by atoms with Crippen LogP contribution in [0.1, 0.15) is 9.80 Å². The van der Waals surface area contributed by atoms with Gasteiger partial charge in [0.15, 0.2) is 5.01 Å². The van der Waals surface area contributed by atoms with Gasteiger partial charge < -0.3 is 0 Å². The van der Waals surface area contributed by atoms with E-state index in [2.05, 4.69) is 4.98 Å². The maximum Gasteiger partial charge on any atom is 0.303 e. The lowest BCUT2D eigenvalue weighted by Gasteiger charge is -2.09. The molecule has 20 heavy (non-hydrogen) atoms. The second kappa shape index (κ2) is 4.88. The molecule has 0 unspecified atom stereocenters. The van der Waals surface area contributed by atoms with E-state index in [0.29, 0.717) is 17.4 Å². The molecule has 0 bridgehead atoms. The molecule has 0 fully saturated rings. The van der Waals surface area contributed by atoms with Crippen LogP contribution in [0.3, 0.4) is 0 Å². The van der Waals surface area contributed by atoms with Gasteiger partial charge in [0.2, 0.25) is 11.2 Å². The fourth-order valence-corrected chi connectivity index (χ4v) is 3.02. The fourth-order valence-electron chi connectivity index (χ4n) is 1.41. The minimum absolute atomic E-state index is 0.155. The first kappa shape index (κ1) is 14.5. The third-order valence-electron chi connectivity index (χ3n) is 2.20. The molecule has 0 atom stereocenters. The highest BCUT2D eigenvalue weighted by Crippen LogP contribution is 2.63. The van der Waals surface area contributed by atoms with Gasteiger partial charge in [-0.25, -0.2) is 10.5 Å². The quantitative estimate of drug-likeness (QED) is 0.512. The first-order valence-electron chi connectivity index (χ1n) is 4.69. The van der Waals surface area contributed by atoms with Gasteiger partial charge in [-0.15, -0.1) is 23.0 Å². The van der Waals surface area contributed by atoms with Gasteiger partial charge in [0, 0.05) is 12.1 Å². The summed E-state index contributed by atoms with van der Waals surface area (Å²) < 4.78 is 38.6. The smallest absolute Gasteiger partial charge is 0.288 e. The lowest BCUT2D eigenvalue weighted by molar-refractivity contribution is -0.384. The van der Waals surface area contributed by atoms with E-state index in [-0.39, 0.29) is 4.70 Å². The number of nitro benzene ring substituents is 1. The average Bonchev–Trinajstić information content (AvgIpc) is 2.78. The fraction of sp³-hybridized carbons (Fsp3) is 0. The van der Waals surface area contributed by atoms with Crippen molar-refractivity contribution >= 4 is 44.3 Å². The Morgan fingerprint density at radius 2 is 2.10 bits per heavy atom. The second-order valence-corrected chi connectivity index (χ2v) is 5.70. The maximum absolute atomic E-state index is 12.9. The number of carbonyl (C=O) groups excluding carboxylic acids is 1. The van der Waals surface area contributed by atoms with E-state index in [1.165, 1.54) is 5.48 Å². The van der Waals surface area contributed by atoms with Crippen LogP contribution >= 0.6 is 22.5 Å². The third-order valence-corrected chi connectivity index (χ3v) is 4.01. The second-order valence-electron chi connectivity index (χ2n) is 3.41. The van der Waals surface area contributed by atoms with E-state index >= 15 is 0 Å². The minimum Gasteiger partial charge on any atom is -0.288 e. The van der Waals surface area contributed by atoms with Crippen LogP contribution in [0.2, 0.25) is 0 Å². The Hall–Kier alpha value is -1.92. The van der Waals surface area contributed by atoms with Gasteiger partial charge in [-0.05, 0) is 0 Å². The van der Waals surface area contributed by atoms with Gasteiger partial charge in [-0.2, -0.15) is 0 Å². The zero-order chi connectivity index (χ0) is 15.1. The zero-order valence-electron chi connectivity index (χ0n) is 9.17. The number of nitro groups is 1. The predicted molar refractivity (Wildman–Crippen MR) is 64.7 cm³/mol. The molecule has 2 aromatic rings. The van der Waals surface area contributed by atoms with Crippen LogP contribution in [-0.4, -0.2) is 21.0 Å². The number of rotatable bonds is 3. The molecular formula is C8H4F3N3O4S2. The number of hydrogen-bond acceptors (Lipinski definition) is 6. The molecule has 0 saturated carbocycles. The molecule has 2 N–H and O–H groups in total. The van der Waals surface area contributed by atoms with Crippen molar-refractivity contribution in [2.45, 2.75) is 4.90 Å². The molecule has 1 aromatic carbocycles. The SMILES string of the molecule is O=C(NO)c1nc2c(S(F)(F)F)cc([N+](=O)[O-])cc2s1.